The van der Waals surface area contributed by atoms with E-state index in [1.165, 1.54) is 20.9 Å². The standard InChI is InChI=1S/C14H15F6NO2/c1-12(2,10(21-3)11(22)23)7-4-8(13(15,16)17)6-9(5-7)14(18,19)20/h4-6,10,21H,1-3H3,(H,22,23). The van der Waals surface area contributed by atoms with Gasteiger partial charge in [0.25, 0.3) is 0 Å². The lowest BCUT2D eigenvalue weighted by Crippen LogP contribution is -2.48. The number of nitrogens with one attached hydrogen (secondary N) is 1. The van der Waals surface area contributed by atoms with E-state index in [1.54, 1.807) is 0 Å². The van der Waals surface area contributed by atoms with Crippen molar-refractivity contribution in [3.63, 3.8) is 0 Å². The molecule has 0 aliphatic heterocycles. The van der Waals surface area contributed by atoms with Crippen molar-refractivity contribution in [2.24, 2.45) is 0 Å². The van der Waals surface area contributed by atoms with Gasteiger partial charge >= 0.3 is 18.3 Å². The monoisotopic (exact) mass is 343 g/mol. The van der Waals surface area contributed by atoms with Crippen molar-refractivity contribution in [3.05, 3.63) is 34.9 Å². The molecule has 2 N–H and O–H groups in total. The van der Waals surface area contributed by atoms with Crippen molar-refractivity contribution < 1.29 is 36.2 Å². The summed E-state index contributed by atoms with van der Waals surface area (Å²) in [6.45, 7) is 2.52. The Morgan fingerprint density at radius 1 is 0.957 bits per heavy atom. The minimum Gasteiger partial charge on any atom is -0.480 e. The number of halogens is 6. The van der Waals surface area contributed by atoms with Gasteiger partial charge in [-0.3, -0.25) is 4.79 Å². The maximum atomic E-state index is 12.9. The predicted octanol–water partition coefficient (Wildman–Crippen LogP) is 3.67. The number of carboxylic acids is 1. The molecule has 130 valence electrons. The predicted molar refractivity (Wildman–Crippen MR) is 70.0 cm³/mol. The molecule has 0 spiro atoms. The first-order valence-electron chi connectivity index (χ1n) is 6.41. The third-order valence-corrected chi connectivity index (χ3v) is 3.59. The zero-order chi connectivity index (χ0) is 18.2. The van der Waals surface area contributed by atoms with Crippen LogP contribution in [0.5, 0.6) is 0 Å². The van der Waals surface area contributed by atoms with Gasteiger partial charge in [-0.25, -0.2) is 0 Å². The van der Waals surface area contributed by atoms with Crippen LogP contribution >= 0.6 is 0 Å². The van der Waals surface area contributed by atoms with E-state index in [2.05, 4.69) is 5.32 Å². The van der Waals surface area contributed by atoms with Gasteiger partial charge in [-0.15, -0.1) is 0 Å². The highest BCUT2D eigenvalue weighted by Gasteiger charge is 2.41. The van der Waals surface area contributed by atoms with Gasteiger partial charge in [0.15, 0.2) is 0 Å². The summed E-state index contributed by atoms with van der Waals surface area (Å²) in [6.07, 6.45) is -9.96. The van der Waals surface area contributed by atoms with Gasteiger partial charge in [0.2, 0.25) is 0 Å². The summed E-state index contributed by atoms with van der Waals surface area (Å²) in [5.41, 5.74) is -4.84. The summed E-state index contributed by atoms with van der Waals surface area (Å²) < 4.78 is 77.2. The van der Waals surface area contributed by atoms with E-state index < -0.39 is 40.9 Å². The second-order valence-electron chi connectivity index (χ2n) is 5.58. The molecule has 23 heavy (non-hydrogen) atoms. The van der Waals surface area contributed by atoms with Gasteiger partial charge in [-0.1, -0.05) is 13.8 Å². The normalized spacial score (nSPS) is 14.7. The van der Waals surface area contributed by atoms with E-state index in [-0.39, 0.29) is 11.6 Å². The van der Waals surface area contributed by atoms with Gasteiger partial charge < -0.3 is 10.4 Å². The average Bonchev–Trinajstić information content (AvgIpc) is 2.36. The zero-order valence-corrected chi connectivity index (χ0v) is 12.4. The molecule has 0 radical (unpaired) electrons. The van der Waals surface area contributed by atoms with Gasteiger partial charge in [0.05, 0.1) is 11.1 Å². The molecule has 1 rings (SSSR count). The number of carboxylic acid groups (broad SMARTS) is 1. The van der Waals surface area contributed by atoms with E-state index in [4.69, 9.17) is 5.11 Å². The number of hydrogen-bond acceptors (Lipinski definition) is 2. The molecule has 0 aliphatic carbocycles. The second kappa shape index (κ2) is 6.03. The van der Waals surface area contributed by atoms with E-state index in [1.807, 2.05) is 0 Å². The lowest BCUT2D eigenvalue weighted by atomic mass is 9.76. The molecule has 0 saturated heterocycles. The van der Waals surface area contributed by atoms with Crippen LogP contribution in [0.15, 0.2) is 18.2 Å². The Morgan fingerprint density at radius 2 is 1.30 bits per heavy atom. The Balaban J connectivity index is 3.60. The third-order valence-electron chi connectivity index (χ3n) is 3.59. The average molecular weight is 343 g/mol. The smallest absolute Gasteiger partial charge is 0.416 e. The van der Waals surface area contributed by atoms with E-state index in [0.717, 1.165) is 0 Å². The zero-order valence-electron chi connectivity index (χ0n) is 12.4. The Morgan fingerprint density at radius 3 is 1.57 bits per heavy atom. The molecular formula is C14H15F6NO2. The maximum absolute atomic E-state index is 12.9. The fraction of sp³-hybridized carbons (Fsp3) is 0.500. The van der Waals surface area contributed by atoms with E-state index in [9.17, 15) is 31.1 Å². The second-order valence-corrected chi connectivity index (χ2v) is 5.58. The fourth-order valence-corrected chi connectivity index (χ4v) is 2.29. The van der Waals surface area contributed by atoms with Crippen LogP contribution in [-0.4, -0.2) is 24.2 Å². The fourth-order valence-electron chi connectivity index (χ4n) is 2.29. The molecule has 0 saturated carbocycles. The Kier molecular flexibility index (Phi) is 5.05. The summed E-state index contributed by atoms with van der Waals surface area (Å²) in [5, 5.41) is 11.5. The molecule has 1 unspecified atom stereocenters. The molecule has 0 aromatic heterocycles. The Hall–Kier alpha value is -1.77. The lowest BCUT2D eigenvalue weighted by molar-refractivity contribution is -0.143. The summed E-state index contributed by atoms with van der Waals surface area (Å²) in [7, 11) is 1.26. The van der Waals surface area contributed by atoms with Crippen LogP contribution in [0.25, 0.3) is 0 Å². The maximum Gasteiger partial charge on any atom is 0.416 e. The highest BCUT2D eigenvalue weighted by Crippen LogP contribution is 2.39. The Labute approximate surface area is 128 Å². The molecule has 0 aliphatic rings. The van der Waals surface area contributed by atoms with E-state index in [0.29, 0.717) is 12.1 Å². The van der Waals surface area contributed by atoms with Crippen molar-refractivity contribution in [2.75, 3.05) is 7.05 Å². The van der Waals surface area contributed by atoms with Gasteiger partial charge in [0.1, 0.15) is 6.04 Å². The summed E-state index contributed by atoms with van der Waals surface area (Å²) >= 11 is 0. The van der Waals surface area contributed by atoms with Crippen LogP contribution < -0.4 is 5.32 Å². The molecule has 0 heterocycles. The van der Waals surface area contributed by atoms with Crippen LogP contribution in [0.1, 0.15) is 30.5 Å². The molecule has 9 heteroatoms. The first-order chi connectivity index (χ1) is 10.2. The first-order valence-corrected chi connectivity index (χ1v) is 6.41. The largest absolute Gasteiger partial charge is 0.480 e. The minimum absolute atomic E-state index is 0.00866. The molecule has 3 nitrogen and oxygen atoms in total. The van der Waals surface area contributed by atoms with Crippen molar-refractivity contribution >= 4 is 5.97 Å². The molecule has 1 atom stereocenters. The molecule has 1 aromatic carbocycles. The summed E-state index contributed by atoms with van der Waals surface area (Å²) in [4.78, 5) is 11.2. The topological polar surface area (TPSA) is 49.3 Å². The number of hydrogen-bond donors (Lipinski definition) is 2. The van der Waals surface area contributed by atoms with Crippen molar-refractivity contribution in [2.45, 2.75) is 37.7 Å². The van der Waals surface area contributed by atoms with Crippen LogP contribution in [0.2, 0.25) is 0 Å². The number of alkyl halides is 6. The number of aliphatic carboxylic acids is 1. The van der Waals surface area contributed by atoms with Crippen LogP contribution in [0.4, 0.5) is 26.3 Å². The number of likely N-dealkylation sites (N-methyl/N-ethyl adjacent to an activating group) is 1. The quantitative estimate of drug-likeness (QED) is 0.820. The number of rotatable bonds is 4. The van der Waals surface area contributed by atoms with E-state index >= 15 is 0 Å². The van der Waals surface area contributed by atoms with Crippen LogP contribution in [0, 0.1) is 0 Å². The van der Waals surface area contributed by atoms with Gasteiger partial charge in [-0.2, -0.15) is 26.3 Å². The first kappa shape index (κ1) is 19.3. The molecule has 0 fully saturated rings. The Bertz CT molecular complexity index is 560. The third kappa shape index (κ3) is 4.15. The summed E-state index contributed by atoms with van der Waals surface area (Å²) in [5.74, 6) is -1.39. The van der Waals surface area contributed by atoms with Crippen molar-refractivity contribution in [1.29, 1.82) is 0 Å². The highest BCUT2D eigenvalue weighted by molar-refractivity contribution is 5.76. The molecular weight excluding hydrogens is 328 g/mol. The van der Waals surface area contributed by atoms with Crippen molar-refractivity contribution in [1.82, 2.24) is 5.32 Å². The highest BCUT2D eigenvalue weighted by atomic mass is 19.4. The van der Waals surface area contributed by atoms with Crippen LogP contribution in [0.3, 0.4) is 0 Å². The lowest BCUT2D eigenvalue weighted by Gasteiger charge is -2.32. The summed E-state index contributed by atoms with van der Waals surface area (Å²) in [6, 6.07) is -0.271. The molecule has 1 aromatic rings. The van der Waals surface area contributed by atoms with Crippen molar-refractivity contribution in [3.8, 4) is 0 Å². The van der Waals surface area contributed by atoms with Crippen LogP contribution in [-0.2, 0) is 22.6 Å². The number of carbonyl (C=O) groups is 1. The molecule has 0 bridgehead atoms. The minimum atomic E-state index is -4.98. The number of benzene rings is 1. The van der Waals surface area contributed by atoms with Gasteiger partial charge in [0, 0.05) is 5.41 Å². The van der Waals surface area contributed by atoms with Gasteiger partial charge in [-0.05, 0) is 30.8 Å². The molecule has 0 amide bonds. The SMILES string of the molecule is CNC(C(=O)O)C(C)(C)c1cc(C(F)(F)F)cc(C(F)(F)F)c1.